The molecule has 0 amide bonds. The number of rotatable bonds is 6. The minimum Gasteiger partial charge on any atom is -0.374 e. The first-order valence-electron chi connectivity index (χ1n) is 7.77. The molecule has 3 rings (SSSR count). The van der Waals surface area contributed by atoms with Crippen LogP contribution in [0, 0.1) is 5.41 Å². The Hall–Kier alpha value is -1.02. The highest BCUT2D eigenvalue weighted by Crippen LogP contribution is 2.39. The number of benzene rings is 1. The molecular formula is C17H26N2. The first kappa shape index (κ1) is 13.0. The molecule has 0 saturated heterocycles. The van der Waals surface area contributed by atoms with E-state index in [4.69, 9.17) is 0 Å². The van der Waals surface area contributed by atoms with E-state index in [-0.39, 0.29) is 0 Å². The number of nitrogens with one attached hydrogen (secondary N) is 1. The van der Waals surface area contributed by atoms with Crippen LogP contribution in [0.3, 0.4) is 0 Å². The van der Waals surface area contributed by atoms with Crippen molar-refractivity contribution in [1.29, 1.82) is 0 Å². The van der Waals surface area contributed by atoms with Gasteiger partial charge in [0.25, 0.3) is 0 Å². The quantitative estimate of drug-likeness (QED) is 0.841. The van der Waals surface area contributed by atoms with Crippen molar-refractivity contribution in [1.82, 2.24) is 5.32 Å². The van der Waals surface area contributed by atoms with Crippen molar-refractivity contribution in [2.45, 2.75) is 44.6 Å². The Kier molecular flexibility index (Phi) is 3.79. The summed E-state index contributed by atoms with van der Waals surface area (Å²) < 4.78 is 0. The molecule has 2 saturated carbocycles. The molecule has 0 bridgehead atoms. The average Bonchev–Trinajstić information content (AvgIpc) is 3.17. The van der Waals surface area contributed by atoms with Gasteiger partial charge >= 0.3 is 0 Å². The Morgan fingerprint density at radius 3 is 2.47 bits per heavy atom. The molecule has 2 aliphatic rings. The van der Waals surface area contributed by atoms with Crippen LogP contribution in [-0.2, 0) is 0 Å². The maximum atomic E-state index is 3.77. The summed E-state index contributed by atoms with van der Waals surface area (Å²) in [6.45, 7) is 2.41. The van der Waals surface area contributed by atoms with Crippen molar-refractivity contribution in [3.63, 3.8) is 0 Å². The first-order chi connectivity index (χ1) is 9.27. The van der Waals surface area contributed by atoms with Gasteiger partial charge in [0.15, 0.2) is 0 Å². The lowest BCUT2D eigenvalue weighted by Gasteiger charge is -2.35. The maximum absolute atomic E-state index is 3.77. The Morgan fingerprint density at radius 2 is 1.84 bits per heavy atom. The van der Waals surface area contributed by atoms with Gasteiger partial charge in [-0.1, -0.05) is 31.0 Å². The second kappa shape index (κ2) is 5.54. The van der Waals surface area contributed by atoms with Crippen LogP contribution in [0.15, 0.2) is 30.3 Å². The molecular weight excluding hydrogens is 232 g/mol. The number of hydrogen-bond donors (Lipinski definition) is 1. The molecule has 0 aliphatic heterocycles. The molecule has 0 aromatic heterocycles. The Morgan fingerprint density at radius 1 is 1.16 bits per heavy atom. The van der Waals surface area contributed by atoms with E-state index in [9.17, 15) is 0 Å². The summed E-state index contributed by atoms with van der Waals surface area (Å²) >= 11 is 0. The van der Waals surface area contributed by atoms with Crippen molar-refractivity contribution in [3.8, 4) is 0 Å². The van der Waals surface area contributed by atoms with Gasteiger partial charge in [0.2, 0.25) is 0 Å². The van der Waals surface area contributed by atoms with Gasteiger partial charge in [-0.3, -0.25) is 0 Å². The van der Waals surface area contributed by atoms with Gasteiger partial charge in [0.1, 0.15) is 0 Å². The zero-order valence-corrected chi connectivity index (χ0v) is 12.1. The van der Waals surface area contributed by atoms with Crippen LogP contribution < -0.4 is 10.2 Å². The van der Waals surface area contributed by atoms with Crippen molar-refractivity contribution in [2.75, 3.05) is 25.0 Å². The molecule has 2 fully saturated rings. The maximum Gasteiger partial charge on any atom is 0.0363 e. The summed E-state index contributed by atoms with van der Waals surface area (Å²) in [4.78, 5) is 2.44. The fraction of sp³-hybridized carbons (Fsp3) is 0.647. The molecule has 0 unspecified atom stereocenters. The van der Waals surface area contributed by atoms with Crippen LogP contribution >= 0.6 is 0 Å². The third kappa shape index (κ3) is 3.30. The molecule has 1 aromatic rings. The normalized spacial score (nSPS) is 21.5. The Bertz CT molecular complexity index is 391. The van der Waals surface area contributed by atoms with E-state index in [0.29, 0.717) is 5.41 Å². The summed E-state index contributed by atoms with van der Waals surface area (Å²) in [5, 5.41) is 3.77. The van der Waals surface area contributed by atoms with Crippen molar-refractivity contribution < 1.29 is 0 Å². The molecule has 19 heavy (non-hydrogen) atoms. The molecule has 1 N–H and O–H groups in total. The fourth-order valence-corrected chi connectivity index (χ4v) is 3.44. The van der Waals surface area contributed by atoms with Crippen LogP contribution in [0.2, 0.25) is 0 Å². The summed E-state index contributed by atoms with van der Waals surface area (Å²) in [7, 11) is 2.24. The monoisotopic (exact) mass is 258 g/mol. The van der Waals surface area contributed by atoms with Gasteiger partial charge in [-0.05, 0) is 37.8 Å². The smallest absolute Gasteiger partial charge is 0.0363 e. The predicted octanol–water partition coefficient (Wildman–Crippen LogP) is 3.44. The minimum atomic E-state index is 0.507. The van der Waals surface area contributed by atoms with Gasteiger partial charge in [0, 0.05) is 37.3 Å². The second-order valence-electron chi connectivity index (χ2n) is 6.55. The lowest BCUT2D eigenvalue weighted by molar-refractivity contribution is 0.285. The number of anilines is 1. The Labute approximate surface area is 117 Å². The number of nitrogens with zero attached hydrogens (tertiary/aromatic N) is 1. The zero-order chi connectivity index (χ0) is 13.1. The highest BCUT2D eigenvalue weighted by Gasteiger charge is 2.36. The van der Waals surface area contributed by atoms with Gasteiger partial charge in [0.05, 0.1) is 0 Å². The summed E-state index contributed by atoms with van der Waals surface area (Å²) in [5.41, 5.74) is 1.85. The molecule has 2 nitrogen and oxygen atoms in total. The Balaban J connectivity index is 1.63. The third-order valence-corrected chi connectivity index (χ3v) is 4.78. The van der Waals surface area contributed by atoms with E-state index in [1.54, 1.807) is 0 Å². The molecule has 2 aliphatic carbocycles. The highest BCUT2D eigenvalue weighted by molar-refractivity contribution is 5.45. The second-order valence-corrected chi connectivity index (χ2v) is 6.55. The van der Waals surface area contributed by atoms with Crippen LogP contribution in [-0.4, -0.2) is 26.2 Å². The van der Waals surface area contributed by atoms with Crippen LogP contribution in [0.5, 0.6) is 0 Å². The van der Waals surface area contributed by atoms with E-state index in [2.05, 4.69) is 47.6 Å². The van der Waals surface area contributed by atoms with Crippen molar-refractivity contribution >= 4 is 5.69 Å². The van der Waals surface area contributed by atoms with Gasteiger partial charge in [-0.15, -0.1) is 0 Å². The summed E-state index contributed by atoms with van der Waals surface area (Å²) in [6.07, 6.45) is 8.40. The van der Waals surface area contributed by atoms with E-state index in [1.807, 2.05) is 0 Å². The van der Waals surface area contributed by atoms with E-state index in [0.717, 1.165) is 6.04 Å². The van der Waals surface area contributed by atoms with E-state index < -0.39 is 0 Å². The SMILES string of the molecule is CN(CC1(CNC2CC2)CCCC1)c1ccccc1. The van der Waals surface area contributed by atoms with Gasteiger partial charge in [-0.25, -0.2) is 0 Å². The van der Waals surface area contributed by atoms with Crippen LogP contribution in [0.1, 0.15) is 38.5 Å². The fourth-order valence-electron chi connectivity index (χ4n) is 3.44. The van der Waals surface area contributed by atoms with Crippen molar-refractivity contribution in [2.24, 2.45) is 5.41 Å². The lowest BCUT2D eigenvalue weighted by Crippen LogP contribution is -2.42. The first-order valence-corrected chi connectivity index (χ1v) is 7.77. The standard InChI is InChI=1S/C17H26N2/c1-19(16-7-3-2-4-8-16)14-17(11-5-6-12-17)13-18-15-9-10-15/h2-4,7-8,15,18H,5-6,9-14H2,1H3. The number of hydrogen-bond acceptors (Lipinski definition) is 2. The highest BCUT2D eigenvalue weighted by atomic mass is 15.1. The topological polar surface area (TPSA) is 15.3 Å². The lowest BCUT2D eigenvalue weighted by atomic mass is 9.85. The van der Waals surface area contributed by atoms with E-state index in [1.165, 1.54) is 57.3 Å². The van der Waals surface area contributed by atoms with Gasteiger partial charge in [-0.2, -0.15) is 0 Å². The van der Waals surface area contributed by atoms with Crippen molar-refractivity contribution in [3.05, 3.63) is 30.3 Å². The molecule has 0 radical (unpaired) electrons. The molecule has 0 heterocycles. The summed E-state index contributed by atoms with van der Waals surface area (Å²) in [5.74, 6) is 0. The van der Waals surface area contributed by atoms with Crippen LogP contribution in [0.4, 0.5) is 5.69 Å². The number of para-hydroxylation sites is 1. The molecule has 2 heteroatoms. The molecule has 0 spiro atoms. The summed E-state index contributed by atoms with van der Waals surface area (Å²) in [6, 6.07) is 11.6. The zero-order valence-electron chi connectivity index (χ0n) is 12.1. The average molecular weight is 258 g/mol. The van der Waals surface area contributed by atoms with Crippen LogP contribution in [0.25, 0.3) is 0 Å². The third-order valence-electron chi connectivity index (χ3n) is 4.78. The van der Waals surface area contributed by atoms with Gasteiger partial charge < -0.3 is 10.2 Å². The molecule has 104 valence electrons. The molecule has 1 aromatic carbocycles. The largest absolute Gasteiger partial charge is 0.374 e. The predicted molar refractivity (Wildman–Crippen MR) is 81.6 cm³/mol. The molecule has 0 atom stereocenters. The minimum absolute atomic E-state index is 0.507. The van der Waals surface area contributed by atoms with E-state index >= 15 is 0 Å².